The van der Waals surface area contributed by atoms with E-state index in [-0.39, 0.29) is 17.1 Å². The van der Waals surface area contributed by atoms with Gasteiger partial charge in [-0.25, -0.2) is 0 Å². The molecule has 0 unspecified atom stereocenters. The number of nitro groups is 1. The minimum Gasteiger partial charge on any atom is -0.508 e. The topological polar surface area (TPSA) is 121 Å². The lowest BCUT2D eigenvalue weighted by Crippen LogP contribution is -2.14. The van der Waals surface area contributed by atoms with Gasteiger partial charge in [0.15, 0.2) is 0 Å². The van der Waals surface area contributed by atoms with Crippen LogP contribution in [0.5, 0.6) is 5.75 Å². The highest BCUT2D eigenvalue weighted by atomic mass is 16.6. The monoisotopic (exact) mass is 276 g/mol. The van der Waals surface area contributed by atoms with E-state index < -0.39 is 10.8 Å². The van der Waals surface area contributed by atoms with Gasteiger partial charge in [0.1, 0.15) is 11.4 Å². The van der Waals surface area contributed by atoms with Crippen LogP contribution in [-0.2, 0) is 0 Å². The minimum atomic E-state index is -0.676. The number of anilines is 1. The first-order valence-electron chi connectivity index (χ1n) is 5.70. The average molecular weight is 276 g/mol. The second kappa shape index (κ2) is 5.00. The first-order chi connectivity index (χ1) is 9.40. The molecule has 0 bridgehead atoms. The third kappa shape index (κ3) is 2.44. The molecular formula is C12H12N4O4. The van der Waals surface area contributed by atoms with Crippen LogP contribution < -0.4 is 5.32 Å². The molecule has 0 radical (unpaired) electrons. The minimum absolute atomic E-state index is 0.0119. The highest BCUT2D eigenvalue weighted by Gasteiger charge is 2.20. The molecule has 20 heavy (non-hydrogen) atoms. The van der Waals surface area contributed by atoms with Crippen molar-refractivity contribution in [1.82, 2.24) is 10.2 Å². The summed E-state index contributed by atoms with van der Waals surface area (Å²) in [6, 6.07) is 3.51. The molecule has 0 aliphatic rings. The molecule has 0 aliphatic carbocycles. The Kier molecular flexibility index (Phi) is 3.38. The Labute approximate surface area is 113 Å². The van der Waals surface area contributed by atoms with Gasteiger partial charge in [-0.3, -0.25) is 20.0 Å². The molecule has 0 aliphatic heterocycles. The number of aromatic hydroxyl groups is 1. The molecule has 1 amide bonds. The first kappa shape index (κ1) is 13.5. The van der Waals surface area contributed by atoms with Gasteiger partial charge in [-0.2, -0.15) is 5.10 Å². The van der Waals surface area contributed by atoms with Crippen molar-refractivity contribution < 1.29 is 14.8 Å². The van der Waals surface area contributed by atoms with E-state index in [4.69, 9.17) is 0 Å². The zero-order valence-corrected chi connectivity index (χ0v) is 10.8. The first-order valence-corrected chi connectivity index (χ1v) is 5.70. The van der Waals surface area contributed by atoms with Gasteiger partial charge in [0.25, 0.3) is 11.6 Å². The van der Waals surface area contributed by atoms with E-state index in [9.17, 15) is 20.0 Å². The maximum Gasteiger partial charge on any atom is 0.296 e. The Morgan fingerprint density at radius 1 is 1.45 bits per heavy atom. The quantitative estimate of drug-likeness (QED) is 0.449. The number of hydrogen-bond acceptors (Lipinski definition) is 5. The van der Waals surface area contributed by atoms with Crippen LogP contribution in [0, 0.1) is 24.0 Å². The van der Waals surface area contributed by atoms with Crippen LogP contribution in [0.25, 0.3) is 0 Å². The fourth-order valence-electron chi connectivity index (χ4n) is 1.85. The van der Waals surface area contributed by atoms with E-state index >= 15 is 0 Å². The molecule has 8 heteroatoms. The van der Waals surface area contributed by atoms with Gasteiger partial charge in [0, 0.05) is 5.69 Å². The fourth-order valence-corrected chi connectivity index (χ4v) is 1.85. The molecule has 1 aromatic heterocycles. The van der Waals surface area contributed by atoms with E-state index in [1.807, 2.05) is 0 Å². The number of nitrogens with one attached hydrogen (secondary N) is 2. The molecule has 8 nitrogen and oxygen atoms in total. The molecule has 0 atom stereocenters. The number of aromatic amines is 1. The van der Waals surface area contributed by atoms with Gasteiger partial charge in [-0.15, -0.1) is 0 Å². The van der Waals surface area contributed by atoms with Crippen molar-refractivity contribution in [3.8, 4) is 5.75 Å². The van der Waals surface area contributed by atoms with E-state index in [1.165, 1.54) is 12.1 Å². The Balaban J connectivity index is 2.36. The summed E-state index contributed by atoms with van der Waals surface area (Å²) < 4.78 is 0. The standard InChI is InChI=1S/C12H12N4O4/c1-6-11(7(2)15-14-6)12(18)13-9-4-3-8(17)5-10(9)16(19)20/h3-5,17H,1-2H3,(H,13,18)(H,14,15). The molecule has 2 rings (SSSR count). The molecule has 0 saturated carbocycles. The number of amides is 1. The molecule has 3 N–H and O–H groups in total. The lowest BCUT2D eigenvalue weighted by molar-refractivity contribution is -0.384. The van der Waals surface area contributed by atoms with Gasteiger partial charge in [0.05, 0.1) is 22.2 Å². The van der Waals surface area contributed by atoms with Crippen molar-refractivity contribution in [2.75, 3.05) is 5.32 Å². The summed E-state index contributed by atoms with van der Waals surface area (Å²) in [5, 5.41) is 29.2. The third-order valence-corrected chi connectivity index (χ3v) is 2.78. The van der Waals surface area contributed by atoms with E-state index in [1.54, 1.807) is 13.8 Å². The zero-order chi connectivity index (χ0) is 14.9. The lowest BCUT2D eigenvalue weighted by atomic mass is 10.1. The van der Waals surface area contributed by atoms with Crippen LogP contribution in [-0.4, -0.2) is 26.1 Å². The number of H-pyrrole nitrogens is 1. The summed E-state index contributed by atoms with van der Waals surface area (Å²) in [4.78, 5) is 22.3. The number of nitro benzene ring substituents is 1. The predicted octanol–water partition coefficient (Wildman–Crippen LogP) is 1.89. The van der Waals surface area contributed by atoms with Crippen molar-refractivity contribution in [2.24, 2.45) is 0 Å². The van der Waals surface area contributed by atoms with Crippen LogP contribution >= 0.6 is 0 Å². The molecule has 1 aromatic carbocycles. The fraction of sp³-hybridized carbons (Fsp3) is 0.167. The van der Waals surface area contributed by atoms with Gasteiger partial charge >= 0.3 is 0 Å². The van der Waals surface area contributed by atoms with Gasteiger partial charge in [-0.05, 0) is 26.0 Å². The summed E-state index contributed by atoms with van der Waals surface area (Å²) in [5.74, 6) is -0.743. The van der Waals surface area contributed by atoms with Gasteiger partial charge in [-0.1, -0.05) is 0 Å². The van der Waals surface area contributed by atoms with Crippen molar-refractivity contribution in [3.63, 3.8) is 0 Å². The smallest absolute Gasteiger partial charge is 0.296 e. The van der Waals surface area contributed by atoms with E-state index in [2.05, 4.69) is 15.5 Å². The number of rotatable bonds is 3. The average Bonchev–Trinajstić information content (AvgIpc) is 2.71. The van der Waals surface area contributed by atoms with Crippen LogP contribution in [0.4, 0.5) is 11.4 Å². The number of aryl methyl sites for hydroxylation is 2. The summed E-state index contributed by atoms with van der Waals surface area (Å²) in [7, 11) is 0. The van der Waals surface area contributed by atoms with Crippen LogP contribution in [0.2, 0.25) is 0 Å². The number of phenolic OH excluding ortho intramolecular Hbond substituents is 1. The maximum atomic E-state index is 12.1. The zero-order valence-electron chi connectivity index (χ0n) is 10.8. The number of benzene rings is 1. The van der Waals surface area contributed by atoms with Gasteiger partial charge < -0.3 is 10.4 Å². The second-order valence-corrected chi connectivity index (χ2v) is 4.22. The van der Waals surface area contributed by atoms with Crippen molar-refractivity contribution in [1.29, 1.82) is 0 Å². The number of carbonyl (C=O) groups excluding carboxylic acids is 1. The Morgan fingerprint density at radius 2 is 2.15 bits per heavy atom. The van der Waals surface area contributed by atoms with Crippen LogP contribution in [0.1, 0.15) is 21.7 Å². The third-order valence-electron chi connectivity index (χ3n) is 2.78. The Morgan fingerprint density at radius 3 is 2.70 bits per heavy atom. The highest BCUT2D eigenvalue weighted by molar-refractivity contribution is 6.06. The summed E-state index contributed by atoms with van der Waals surface area (Å²) in [6.45, 7) is 3.34. The number of aromatic nitrogens is 2. The highest BCUT2D eigenvalue weighted by Crippen LogP contribution is 2.29. The second-order valence-electron chi connectivity index (χ2n) is 4.22. The van der Waals surface area contributed by atoms with Crippen LogP contribution in [0.15, 0.2) is 18.2 Å². The largest absolute Gasteiger partial charge is 0.508 e. The molecule has 0 spiro atoms. The normalized spacial score (nSPS) is 10.3. The Hall–Kier alpha value is -2.90. The molecule has 104 valence electrons. The number of hydrogen-bond donors (Lipinski definition) is 3. The van der Waals surface area contributed by atoms with E-state index in [0.717, 1.165) is 6.07 Å². The molecular weight excluding hydrogens is 264 g/mol. The summed E-state index contributed by atoms with van der Waals surface area (Å²) >= 11 is 0. The van der Waals surface area contributed by atoms with Gasteiger partial charge in [0.2, 0.25) is 0 Å². The molecule has 0 fully saturated rings. The number of carbonyl (C=O) groups is 1. The molecule has 0 saturated heterocycles. The SMILES string of the molecule is Cc1n[nH]c(C)c1C(=O)Nc1ccc(O)cc1[N+](=O)[O-]. The van der Waals surface area contributed by atoms with Crippen molar-refractivity contribution in [2.45, 2.75) is 13.8 Å². The van der Waals surface area contributed by atoms with Crippen molar-refractivity contribution >= 4 is 17.3 Å². The summed E-state index contributed by atoms with van der Waals surface area (Å²) in [6.07, 6.45) is 0. The predicted molar refractivity (Wildman–Crippen MR) is 70.8 cm³/mol. The number of phenols is 1. The van der Waals surface area contributed by atoms with Crippen LogP contribution in [0.3, 0.4) is 0 Å². The molecule has 2 aromatic rings. The van der Waals surface area contributed by atoms with Crippen molar-refractivity contribution in [3.05, 3.63) is 45.3 Å². The molecule has 1 heterocycles. The maximum absolute atomic E-state index is 12.1. The lowest BCUT2D eigenvalue weighted by Gasteiger charge is -2.06. The summed E-state index contributed by atoms with van der Waals surface area (Å²) in [5.41, 5.74) is 1.05. The van der Waals surface area contributed by atoms with E-state index in [0.29, 0.717) is 17.0 Å². The number of nitrogens with zero attached hydrogens (tertiary/aromatic N) is 2. The Bertz CT molecular complexity index is 673.